The fourth-order valence-corrected chi connectivity index (χ4v) is 2.30. The highest BCUT2D eigenvalue weighted by Gasteiger charge is 2.16. The second-order valence-corrected chi connectivity index (χ2v) is 5.78. The number of nitrogens with zero attached hydrogens (tertiary/aromatic N) is 1. The van der Waals surface area contributed by atoms with Crippen molar-refractivity contribution in [3.8, 4) is 5.75 Å². The maximum absolute atomic E-state index is 13.3. The van der Waals surface area contributed by atoms with E-state index in [1.807, 2.05) is 0 Å². The van der Waals surface area contributed by atoms with Crippen LogP contribution in [0.15, 0.2) is 18.2 Å². The molecule has 1 unspecified atom stereocenters. The van der Waals surface area contributed by atoms with E-state index in [-0.39, 0.29) is 24.0 Å². The van der Waals surface area contributed by atoms with E-state index in [0.717, 1.165) is 12.1 Å². The summed E-state index contributed by atoms with van der Waals surface area (Å²) < 4.78 is 40.0. The van der Waals surface area contributed by atoms with Crippen LogP contribution in [0.2, 0.25) is 0 Å². The molecule has 0 bridgehead atoms. The maximum atomic E-state index is 13.3. The number of nitro groups is 1. The van der Waals surface area contributed by atoms with Crippen molar-refractivity contribution < 1.29 is 22.5 Å². The molecule has 1 aromatic rings. The lowest BCUT2D eigenvalue weighted by Gasteiger charge is -2.11. The van der Waals surface area contributed by atoms with Gasteiger partial charge in [-0.25, -0.2) is 13.6 Å². The summed E-state index contributed by atoms with van der Waals surface area (Å²) in [6, 6.07) is 3.10. The van der Waals surface area contributed by atoms with E-state index in [0.29, 0.717) is 0 Å². The third-order valence-electron chi connectivity index (χ3n) is 2.17. The van der Waals surface area contributed by atoms with Gasteiger partial charge >= 0.3 is 5.69 Å². The number of hydrogen-bond donors (Lipinski definition) is 1. The van der Waals surface area contributed by atoms with Crippen LogP contribution in [-0.2, 0) is 10.0 Å². The zero-order valence-electron chi connectivity index (χ0n) is 10.1. The maximum Gasteiger partial charge on any atom is 0.305 e. The average molecular weight is 292 g/mol. The summed E-state index contributed by atoms with van der Waals surface area (Å²) in [6.45, 7) is 1.61. The SMILES string of the molecule is CC(COc1ccc([N+](=O)[O-])c(F)c1)CS(N)(=O)=O. The third-order valence-corrected chi connectivity index (χ3v) is 3.20. The minimum Gasteiger partial charge on any atom is -0.493 e. The van der Waals surface area contributed by atoms with Crippen molar-refractivity contribution >= 4 is 15.7 Å². The Balaban J connectivity index is 2.64. The first-order valence-electron chi connectivity index (χ1n) is 5.26. The summed E-state index contributed by atoms with van der Waals surface area (Å²) in [6.07, 6.45) is 0. The molecular weight excluding hydrogens is 279 g/mol. The number of nitrogens with two attached hydrogens (primary N) is 1. The molecule has 106 valence electrons. The van der Waals surface area contributed by atoms with Gasteiger partial charge in [-0.2, -0.15) is 4.39 Å². The van der Waals surface area contributed by atoms with Crippen LogP contribution < -0.4 is 9.88 Å². The van der Waals surface area contributed by atoms with Gasteiger partial charge in [-0.1, -0.05) is 6.92 Å². The van der Waals surface area contributed by atoms with Gasteiger partial charge in [0.25, 0.3) is 0 Å². The van der Waals surface area contributed by atoms with Crippen LogP contribution in [0.1, 0.15) is 6.92 Å². The Kier molecular flexibility index (Phi) is 4.78. The largest absolute Gasteiger partial charge is 0.493 e. The number of hydrogen-bond acceptors (Lipinski definition) is 5. The van der Waals surface area contributed by atoms with Crippen molar-refractivity contribution in [3.63, 3.8) is 0 Å². The fourth-order valence-electron chi connectivity index (χ4n) is 1.41. The van der Waals surface area contributed by atoms with Crippen molar-refractivity contribution in [2.45, 2.75) is 6.92 Å². The van der Waals surface area contributed by atoms with Crippen LogP contribution in [-0.4, -0.2) is 25.7 Å². The topological polar surface area (TPSA) is 113 Å². The van der Waals surface area contributed by atoms with Crippen molar-refractivity contribution in [2.24, 2.45) is 11.1 Å². The number of primary sulfonamides is 1. The molecule has 2 N–H and O–H groups in total. The van der Waals surface area contributed by atoms with Gasteiger partial charge in [0.15, 0.2) is 0 Å². The predicted molar refractivity (Wildman–Crippen MR) is 65.7 cm³/mol. The second kappa shape index (κ2) is 5.93. The molecule has 0 amide bonds. The molecule has 0 aromatic heterocycles. The van der Waals surface area contributed by atoms with Crippen LogP contribution in [0.4, 0.5) is 10.1 Å². The van der Waals surface area contributed by atoms with Gasteiger partial charge < -0.3 is 4.74 Å². The molecule has 1 rings (SSSR count). The Morgan fingerprint density at radius 2 is 2.16 bits per heavy atom. The Morgan fingerprint density at radius 3 is 2.63 bits per heavy atom. The first-order chi connectivity index (χ1) is 8.69. The van der Waals surface area contributed by atoms with Gasteiger partial charge in [-0.3, -0.25) is 10.1 Å². The Morgan fingerprint density at radius 1 is 1.53 bits per heavy atom. The van der Waals surface area contributed by atoms with Crippen LogP contribution in [0.25, 0.3) is 0 Å². The van der Waals surface area contributed by atoms with Gasteiger partial charge in [0.2, 0.25) is 15.8 Å². The van der Waals surface area contributed by atoms with E-state index in [2.05, 4.69) is 0 Å². The molecule has 9 heteroatoms. The fraction of sp³-hybridized carbons (Fsp3) is 0.400. The number of ether oxygens (including phenoxy) is 1. The molecule has 0 aliphatic carbocycles. The standard InChI is InChI=1S/C10H13FN2O5S/c1-7(6-19(12,16)17)5-18-8-2-3-10(13(14)15)9(11)4-8/h2-4,7H,5-6H2,1H3,(H2,12,16,17). The monoisotopic (exact) mass is 292 g/mol. The molecule has 0 saturated carbocycles. The first kappa shape index (κ1) is 15.3. The number of benzene rings is 1. The van der Waals surface area contributed by atoms with Crippen LogP contribution >= 0.6 is 0 Å². The average Bonchev–Trinajstić information content (AvgIpc) is 2.23. The van der Waals surface area contributed by atoms with Crippen molar-refractivity contribution in [3.05, 3.63) is 34.1 Å². The van der Waals surface area contributed by atoms with Crippen LogP contribution in [0.3, 0.4) is 0 Å². The molecule has 1 atom stereocenters. The summed E-state index contributed by atoms with van der Waals surface area (Å²) in [5, 5.41) is 15.3. The van der Waals surface area contributed by atoms with Crippen molar-refractivity contribution in [1.29, 1.82) is 0 Å². The summed E-state index contributed by atoms with van der Waals surface area (Å²) in [5.74, 6) is -1.57. The zero-order valence-corrected chi connectivity index (χ0v) is 10.9. The van der Waals surface area contributed by atoms with Crippen LogP contribution in [0, 0.1) is 21.8 Å². The first-order valence-corrected chi connectivity index (χ1v) is 6.98. The molecular formula is C10H13FN2O5S. The summed E-state index contributed by atoms with van der Waals surface area (Å²) in [4.78, 5) is 9.56. The van der Waals surface area contributed by atoms with Crippen LogP contribution in [0.5, 0.6) is 5.75 Å². The van der Waals surface area contributed by atoms with Crippen molar-refractivity contribution in [2.75, 3.05) is 12.4 Å². The molecule has 7 nitrogen and oxygen atoms in total. The number of nitro benzene ring substituents is 1. The summed E-state index contributed by atoms with van der Waals surface area (Å²) in [5.41, 5.74) is -0.648. The van der Waals surface area contributed by atoms with Gasteiger partial charge in [0.1, 0.15) is 5.75 Å². The third kappa shape index (κ3) is 5.18. The predicted octanol–water partition coefficient (Wildman–Crippen LogP) is 1.04. The smallest absolute Gasteiger partial charge is 0.305 e. The molecule has 0 radical (unpaired) electrons. The molecule has 0 aliphatic rings. The summed E-state index contributed by atoms with van der Waals surface area (Å²) >= 11 is 0. The van der Waals surface area contributed by atoms with Gasteiger partial charge in [-0.05, 0) is 6.07 Å². The quantitative estimate of drug-likeness (QED) is 0.621. The Bertz CT molecular complexity index is 575. The van der Waals surface area contributed by atoms with Gasteiger partial charge in [-0.15, -0.1) is 0 Å². The number of halogens is 1. The molecule has 19 heavy (non-hydrogen) atoms. The van der Waals surface area contributed by atoms with E-state index >= 15 is 0 Å². The zero-order chi connectivity index (χ0) is 14.6. The lowest BCUT2D eigenvalue weighted by molar-refractivity contribution is -0.387. The lowest BCUT2D eigenvalue weighted by atomic mass is 10.2. The molecule has 1 aromatic carbocycles. The molecule has 0 fully saturated rings. The highest BCUT2D eigenvalue weighted by atomic mass is 32.2. The minimum absolute atomic E-state index is 0.00762. The van der Waals surface area contributed by atoms with E-state index in [9.17, 15) is 22.9 Å². The van der Waals surface area contributed by atoms with E-state index < -0.39 is 26.5 Å². The second-order valence-electron chi connectivity index (χ2n) is 4.12. The van der Waals surface area contributed by atoms with Gasteiger partial charge in [0, 0.05) is 18.1 Å². The molecule has 0 aliphatic heterocycles. The molecule has 0 spiro atoms. The highest BCUT2D eigenvalue weighted by Crippen LogP contribution is 2.22. The lowest BCUT2D eigenvalue weighted by Crippen LogP contribution is -2.25. The number of sulfonamides is 1. The molecule has 0 saturated heterocycles. The Hall–Kier alpha value is -1.74. The minimum atomic E-state index is -3.60. The van der Waals surface area contributed by atoms with E-state index in [1.165, 1.54) is 6.07 Å². The molecule has 0 heterocycles. The van der Waals surface area contributed by atoms with E-state index in [1.54, 1.807) is 6.92 Å². The normalized spacial score (nSPS) is 13.0. The Labute approximate surface area is 109 Å². The van der Waals surface area contributed by atoms with Gasteiger partial charge in [0.05, 0.1) is 17.3 Å². The highest BCUT2D eigenvalue weighted by molar-refractivity contribution is 7.89. The van der Waals surface area contributed by atoms with Crippen molar-refractivity contribution in [1.82, 2.24) is 0 Å². The summed E-state index contributed by atoms with van der Waals surface area (Å²) in [7, 11) is -3.60. The van der Waals surface area contributed by atoms with E-state index in [4.69, 9.17) is 9.88 Å². The number of rotatable bonds is 6.